The number of nitrogens with zero attached hydrogens (tertiary/aromatic N) is 3. The number of thioether (sulfide) groups is 1. The zero-order valence-electron chi connectivity index (χ0n) is 17.4. The fourth-order valence-electron chi connectivity index (χ4n) is 3.15. The Labute approximate surface area is 174 Å². The second-order valence-corrected chi connectivity index (χ2v) is 8.36. The molecule has 1 aliphatic rings. The van der Waals surface area contributed by atoms with E-state index in [1.54, 1.807) is 11.8 Å². The lowest BCUT2D eigenvalue weighted by Gasteiger charge is -2.20. The Kier molecular flexibility index (Phi) is 11.3. The number of nitrogens with one attached hydrogen (secondary N) is 2. The molecule has 28 heavy (non-hydrogen) atoms. The molecule has 2 rings (SSSR count). The predicted molar refractivity (Wildman–Crippen MR) is 119 cm³/mol. The molecule has 0 atom stereocenters. The summed E-state index contributed by atoms with van der Waals surface area (Å²) in [6, 6.07) is 6.68. The average molecular weight is 410 g/mol. The van der Waals surface area contributed by atoms with Gasteiger partial charge in [-0.3, -0.25) is 4.99 Å². The highest BCUT2D eigenvalue weighted by molar-refractivity contribution is 7.99. The predicted octanol–water partition coefficient (Wildman–Crippen LogP) is 2.89. The van der Waals surface area contributed by atoms with Crippen molar-refractivity contribution >= 4 is 17.7 Å². The number of likely N-dealkylation sites (N-methyl/N-ethyl adjacent to an activating group) is 1. The van der Waals surface area contributed by atoms with Gasteiger partial charge in [-0.1, -0.05) is 0 Å². The minimum absolute atomic E-state index is 0.182. The first-order valence-corrected chi connectivity index (χ1v) is 11.5. The largest absolute Gasteiger partial charge is 0.357 e. The van der Waals surface area contributed by atoms with Crippen LogP contribution >= 0.6 is 11.8 Å². The van der Waals surface area contributed by atoms with E-state index >= 15 is 0 Å². The molecule has 158 valence electrons. The second kappa shape index (κ2) is 13.8. The Morgan fingerprint density at radius 3 is 2.71 bits per heavy atom. The number of guanidine groups is 1. The van der Waals surface area contributed by atoms with Crippen molar-refractivity contribution in [2.24, 2.45) is 4.99 Å². The van der Waals surface area contributed by atoms with Gasteiger partial charge in [0.05, 0.1) is 0 Å². The zero-order valence-corrected chi connectivity index (χ0v) is 18.2. The first kappa shape index (κ1) is 23.0. The van der Waals surface area contributed by atoms with Crippen molar-refractivity contribution in [3.8, 4) is 0 Å². The van der Waals surface area contributed by atoms with Crippen molar-refractivity contribution in [1.82, 2.24) is 20.4 Å². The van der Waals surface area contributed by atoms with E-state index in [1.807, 2.05) is 12.1 Å². The number of hydrogen-bond acceptors (Lipinski definition) is 4. The molecule has 1 saturated heterocycles. The minimum atomic E-state index is -0.182. The van der Waals surface area contributed by atoms with Crippen molar-refractivity contribution in [1.29, 1.82) is 0 Å². The van der Waals surface area contributed by atoms with Gasteiger partial charge < -0.3 is 20.4 Å². The molecule has 0 bridgehead atoms. The van der Waals surface area contributed by atoms with Crippen LogP contribution in [0.2, 0.25) is 0 Å². The molecule has 5 nitrogen and oxygen atoms in total. The van der Waals surface area contributed by atoms with Crippen LogP contribution in [-0.2, 0) is 0 Å². The van der Waals surface area contributed by atoms with Crippen LogP contribution in [0.15, 0.2) is 34.2 Å². The van der Waals surface area contributed by atoms with Gasteiger partial charge in [0.15, 0.2) is 5.96 Å². The summed E-state index contributed by atoms with van der Waals surface area (Å²) in [6.45, 7) is 10.6. The zero-order chi connectivity index (χ0) is 20.0. The quantitative estimate of drug-likeness (QED) is 0.269. The number of benzene rings is 1. The Morgan fingerprint density at radius 1 is 1.11 bits per heavy atom. The summed E-state index contributed by atoms with van der Waals surface area (Å²) in [5.74, 6) is 1.71. The number of halogens is 1. The minimum Gasteiger partial charge on any atom is -0.357 e. The Balaban J connectivity index is 1.59. The van der Waals surface area contributed by atoms with E-state index in [4.69, 9.17) is 0 Å². The first-order chi connectivity index (χ1) is 13.7. The van der Waals surface area contributed by atoms with Gasteiger partial charge in [-0.15, -0.1) is 11.8 Å². The van der Waals surface area contributed by atoms with Crippen LogP contribution in [0.4, 0.5) is 4.39 Å². The summed E-state index contributed by atoms with van der Waals surface area (Å²) < 4.78 is 12.9. The van der Waals surface area contributed by atoms with E-state index in [2.05, 4.69) is 39.4 Å². The Morgan fingerprint density at radius 2 is 1.93 bits per heavy atom. The van der Waals surface area contributed by atoms with Crippen molar-refractivity contribution < 1.29 is 4.39 Å². The second-order valence-electron chi connectivity index (χ2n) is 7.20. The van der Waals surface area contributed by atoms with E-state index in [1.165, 1.54) is 44.7 Å². The number of aliphatic imine (C=N–C) groups is 1. The molecule has 0 aromatic heterocycles. The van der Waals surface area contributed by atoms with Gasteiger partial charge in [0.2, 0.25) is 0 Å². The van der Waals surface area contributed by atoms with Gasteiger partial charge in [-0.25, -0.2) is 4.39 Å². The Hall–Kier alpha value is -1.31. The van der Waals surface area contributed by atoms with Gasteiger partial charge in [-0.05, 0) is 82.9 Å². The van der Waals surface area contributed by atoms with Crippen molar-refractivity contribution in [3.63, 3.8) is 0 Å². The van der Waals surface area contributed by atoms with Crippen LogP contribution in [0.3, 0.4) is 0 Å². The summed E-state index contributed by atoms with van der Waals surface area (Å²) in [4.78, 5) is 10.8. The van der Waals surface area contributed by atoms with Gasteiger partial charge in [0.1, 0.15) is 5.82 Å². The molecule has 1 aromatic carbocycles. The molecule has 1 aromatic rings. The normalized spacial score (nSPS) is 16.8. The van der Waals surface area contributed by atoms with Gasteiger partial charge in [0, 0.05) is 37.6 Å². The maximum atomic E-state index is 12.9. The SMILES string of the molecule is CCNC(=NCCCSc1ccc(F)cc1)NCCCN1CCCN(C)CC1. The molecular formula is C21H36FN5S. The molecule has 1 fully saturated rings. The molecule has 0 unspecified atom stereocenters. The van der Waals surface area contributed by atoms with E-state index in [9.17, 15) is 4.39 Å². The van der Waals surface area contributed by atoms with Gasteiger partial charge in [-0.2, -0.15) is 0 Å². The maximum Gasteiger partial charge on any atom is 0.191 e. The molecule has 0 aliphatic carbocycles. The summed E-state index contributed by atoms with van der Waals surface area (Å²) in [5, 5.41) is 6.77. The smallest absolute Gasteiger partial charge is 0.191 e. The lowest BCUT2D eigenvalue weighted by Crippen LogP contribution is -2.39. The molecule has 0 spiro atoms. The average Bonchev–Trinajstić information content (AvgIpc) is 2.90. The van der Waals surface area contributed by atoms with Crippen LogP contribution in [0.1, 0.15) is 26.2 Å². The fraction of sp³-hybridized carbons (Fsp3) is 0.667. The molecule has 0 radical (unpaired) electrons. The van der Waals surface area contributed by atoms with Crippen molar-refractivity contribution in [3.05, 3.63) is 30.1 Å². The molecule has 0 amide bonds. The van der Waals surface area contributed by atoms with E-state index < -0.39 is 0 Å². The lowest BCUT2D eigenvalue weighted by molar-refractivity contribution is 0.274. The highest BCUT2D eigenvalue weighted by Gasteiger charge is 2.11. The first-order valence-electron chi connectivity index (χ1n) is 10.5. The number of hydrogen-bond donors (Lipinski definition) is 2. The lowest BCUT2D eigenvalue weighted by atomic mass is 10.3. The monoisotopic (exact) mass is 409 g/mol. The van der Waals surface area contributed by atoms with Gasteiger partial charge in [0.25, 0.3) is 0 Å². The van der Waals surface area contributed by atoms with Gasteiger partial charge >= 0.3 is 0 Å². The van der Waals surface area contributed by atoms with Crippen LogP contribution in [0, 0.1) is 5.82 Å². The maximum absolute atomic E-state index is 12.9. The van der Waals surface area contributed by atoms with Crippen LogP contribution in [-0.4, -0.2) is 80.9 Å². The third kappa shape index (κ3) is 9.75. The summed E-state index contributed by atoms with van der Waals surface area (Å²) in [7, 11) is 2.21. The van der Waals surface area contributed by atoms with Crippen LogP contribution in [0.25, 0.3) is 0 Å². The standard InChI is InChI=1S/C21H36FN5S/c1-3-23-21(24-11-4-14-27-15-6-13-26(2)16-17-27)25-12-5-18-28-20-9-7-19(22)8-10-20/h7-10H,3-6,11-18H2,1-2H3,(H2,23,24,25). The topological polar surface area (TPSA) is 42.9 Å². The molecular weight excluding hydrogens is 373 g/mol. The van der Waals surface area contributed by atoms with Crippen molar-refractivity contribution in [2.75, 3.05) is 65.2 Å². The molecule has 0 saturated carbocycles. The highest BCUT2D eigenvalue weighted by Crippen LogP contribution is 2.18. The van der Waals surface area contributed by atoms with E-state index in [0.717, 1.165) is 55.6 Å². The summed E-state index contributed by atoms with van der Waals surface area (Å²) in [5.41, 5.74) is 0. The molecule has 1 aliphatic heterocycles. The van der Waals surface area contributed by atoms with E-state index in [-0.39, 0.29) is 5.82 Å². The highest BCUT2D eigenvalue weighted by atomic mass is 32.2. The van der Waals surface area contributed by atoms with Crippen molar-refractivity contribution in [2.45, 2.75) is 31.1 Å². The van der Waals surface area contributed by atoms with Crippen LogP contribution in [0.5, 0.6) is 0 Å². The van der Waals surface area contributed by atoms with Crippen LogP contribution < -0.4 is 10.6 Å². The molecule has 2 N–H and O–H groups in total. The summed E-state index contributed by atoms with van der Waals surface area (Å²) in [6.07, 6.45) is 3.40. The fourth-order valence-corrected chi connectivity index (χ4v) is 3.99. The third-order valence-electron chi connectivity index (χ3n) is 4.75. The molecule has 7 heteroatoms. The molecule has 1 heterocycles. The Bertz CT molecular complexity index is 566. The van der Waals surface area contributed by atoms with E-state index in [0.29, 0.717) is 0 Å². The summed E-state index contributed by atoms with van der Waals surface area (Å²) >= 11 is 1.75. The number of rotatable bonds is 10. The third-order valence-corrected chi connectivity index (χ3v) is 5.85.